The highest BCUT2D eigenvalue weighted by Gasteiger charge is 2.63. The molecule has 3 aliphatic carbocycles. The van der Waals surface area contributed by atoms with E-state index in [4.69, 9.17) is 27.9 Å². The van der Waals surface area contributed by atoms with Gasteiger partial charge in [-0.25, -0.2) is 4.79 Å². The molecule has 0 unspecified atom stereocenters. The molecule has 1 N–H and O–H groups in total. The van der Waals surface area contributed by atoms with Crippen LogP contribution < -0.4 is 5.32 Å². The van der Waals surface area contributed by atoms with Gasteiger partial charge in [-0.3, -0.25) is 19.3 Å². The maximum Gasteiger partial charge on any atom is 0.329 e. The minimum atomic E-state index is -1.14. The molecule has 41 heavy (non-hydrogen) atoms. The average Bonchev–Trinajstić information content (AvgIpc) is 3.22. The first-order valence-electron chi connectivity index (χ1n) is 13.6. The molecule has 3 aromatic rings. The van der Waals surface area contributed by atoms with Crippen LogP contribution in [0.25, 0.3) is 0 Å². The van der Waals surface area contributed by atoms with E-state index in [1.807, 2.05) is 62.4 Å². The molecular weight excluding hydrogens is 563 g/mol. The molecule has 4 aliphatic rings. The number of carbonyl (C=O) groups is 4. The van der Waals surface area contributed by atoms with Crippen molar-refractivity contribution in [2.45, 2.75) is 38.1 Å². The summed E-state index contributed by atoms with van der Waals surface area (Å²) in [6.07, 6.45) is 0.215. The molecule has 210 valence electrons. The smallest absolute Gasteiger partial charge is 0.329 e. The highest BCUT2D eigenvalue weighted by atomic mass is 35.5. The monoisotopic (exact) mass is 590 g/mol. The minimum absolute atomic E-state index is 0.0269. The summed E-state index contributed by atoms with van der Waals surface area (Å²) in [5, 5.41) is 3.01. The molecule has 1 saturated heterocycles. The van der Waals surface area contributed by atoms with Gasteiger partial charge in [-0.1, -0.05) is 91.6 Å². The fraction of sp³-hybridized carbons (Fsp3) is 0.312. The number of imide groups is 1. The number of benzene rings is 3. The van der Waals surface area contributed by atoms with Crippen molar-refractivity contribution >= 4 is 52.6 Å². The van der Waals surface area contributed by atoms with E-state index in [-0.39, 0.29) is 51.7 Å². The molecule has 0 saturated carbocycles. The summed E-state index contributed by atoms with van der Waals surface area (Å²) < 4.78 is 5.39. The molecule has 0 aromatic heterocycles. The zero-order valence-corrected chi connectivity index (χ0v) is 24.0. The normalized spacial score (nSPS) is 22.7. The summed E-state index contributed by atoms with van der Waals surface area (Å²) in [6.45, 7) is 3.20. The van der Waals surface area contributed by atoms with E-state index in [1.54, 1.807) is 18.2 Å². The van der Waals surface area contributed by atoms with Crippen LogP contribution in [0.4, 0.5) is 5.69 Å². The van der Waals surface area contributed by atoms with Crippen LogP contribution in [-0.2, 0) is 23.9 Å². The topological polar surface area (TPSA) is 92.8 Å². The second kappa shape index (κ2) is 10.6. The van der Waals surface area contributed by atoms with Crippen molar-refractivity contribution in [1.82, 2.24) is 4.90 Å². The Morgan fingerprint density at radius 3 is 1.83 bits per heavy atom. The van der Waals surface area contributed by atoms with E-state index < -0.39 is 36.4 Å². The predicted molar refractivity (Wildman–Crippen MR) is 155 cm³/mol. The van der Waals surface area contributed by atoms with Gasteiger partial charge >= 0.3 is 5.97 Å². The van der Waals surface area contributed by atoms with Crippen molar-refractivity contribution in [3.63, 3.8) is 0 Å². The summed E-state index contributed by atoms with van der Waals surface area (Å²) >= 11 is 12.2. The van der Waals surface area contributed by atoms with Crippen LogP contribution in [0.15, 0.2) is 66.7 Å². The van der Waals surface area contributed by atoms with Crippen molar-refractivity contribution in [3.05, 3.63) is 99.0 Å². The summed E-state index contributed by atoms with van der Waals surface area (Å²) in [5.41, 5.74) is 4.50. The molecule has 3 amide bonds. The molecule has 1 fully saturated rings. The number of amides is 3. The van der Waals surface area contributed by atoms with Gasteiger partial charge in [-0.15, -0.1) is 0 Å². The Morgan fingerprint density at radius 1 is 0.829 bits per heavy atom. The van der Waals surface area contributed by atoms with E-state index >= 15 is 0 Å². The van der Waals surface area contributed by atoms with Gasteiger partial charge in [-0.05, 0) is 46.7 Å². The highest BCUT2D eigenvalue weighted by Crippen LogP contribution is 2.61. The van der Waals surface area contributed by atoms with Crippen LogP contribution in [-0.4, -0.2) is 41.2 Å². The van der Waals surface area contributed by atoms with Crippen LogP contribution in [0.5, 0.6) is 0 Å². The Balaban J connectivity index is 1.27. The van der Waals surface area contributed by atoms with Gasteiger partial charge in [0.15, 0.2) is 6.61 Å². The van der Waals surface area contributed by atoms with Crippen LogP contribution in [0.3, 0.4) is 0 Å². The maximum absolute atomic E-state index is 14.1. The van der Waals surface area contributed by atoms with E-state index in [0.29, 0.717) is 0 Å². The summed E-state index contributed by atoms with van der Waals surface area (Å²) in [5.74, 6) is -3.93. The number of hydrogen-bond donors (Lipinski definition) is 1. The third kappa shape index (κ3) is 4.52. The standard InChI is InChI=1S/C32H28Cl2N2O5/c1-16(2)14-23(32(40)41-15-24(37)35-22-13-7-12-21(33)29(22)34)36-30(38)27-25-17-8-3-4-9-18(17)26(28(27)31(36)39)20-11-6-5-10-19(20)25/h3-13,16,23,25-28H,14-15H2,1-2H3,(H,35,37)/t23-,25?,26?,27-,28-/m1/s1. The van der Waals surface area contributed by atoms with Crippen molar-refractivity contribution < 1.29 is 23.9 Å². The average molecular weight is 591 g/mol. The van der Waals surface area contributed by atoms with Gasteiger partial charge in [0.05, 0.1) is 27.6 Å². The third-order valence-corrected chi connectivity index (χ3v) is 9.15. The van der Waals surface area contributed by atoms with Gasteiger partial charge in [0.25, 0.3) is 5.91 Å². The Bertz CT molecular complexity index is 1470. The van der Waals surface area contributed by atoms with Gasteiger partial charge < -0.3 is 10.1 Å². The number of hydrogen-bond acceptors (Lipinski definition) is 5. The zero-order chi connectivity index (χ0) is 29.0. The fourth-order valence-corrected chi connectivity index (χ4v) is 7.13. The molecule has 7 nitrogen and oxygen atoms in total. The predicted octanol–water partition coefficient (Wildman–Crippen LogP) is 5.78. The lowest BCUT2D eigenvalue weighted by atomic mass is 9.55. The van der Waals surface area contributed by atoms with Crippen molar-refractivity contribution in [1.29, 1.82) is 0 Å². The molecular formula is C32H28Cl2N2O5. The number of rotatable bonds is 7. The molecule has 1 heterocycles. The van der Waals surface area contributed by atoms with Crippen molar-refractivity contribution in [3.8, 4) is 0 Å². The summed E-state index contributed by atoms with van der Waals surface area (Å²) in [6, 6.07) is 19.6. The first-order chi connectivity index (χ1) is 19.7. The Kier molecular flexibility index (Phi) is 7.12. The number of anilines is 1. The number of esters is 1. The molecule has 3 aromatic carbocycles. The van der Waals surface area contributed by atoms with E-state index in [9.17, 15) is 19.2 Å². The first-order valence-corrected chi connectivity index (χ1v) is 14.4. The molecule has 9 heteroatoms. The Morgan fingerprint density at radius 2 is 1.34 bits per heavy atom. The van der Waals surface area contributed by atoms with Gasteiger partial charge in [0.2, 0.25) is 11.8 Å². The number of nitrogens with zero attached hydrogens (tertiary/aromatic N) is 1. The Labute approximate surface area is 247 Å². The van der Waals surface area contributed by atoms with Crippen molar-refractivity contribution in [2.24, 2.45) is 17.8 Å². The van der Waals surface area contributed by atoms with E-state index in [0.717, 1.165) is 27.2 Å². The van der Waals surface area contributed by atoms with Gasteiger partial charge in [0, 0.05) is 11.8 Å². The van der Waals surface area contributed by atoms with Crippen LogP contribution in [0.2, 0.25) is 10.0 Å². The Hall–Kier alpha value is -3.68. The number of halogens is 2. The lowest BCUT2D eigenvalue weighted by molar-refractivity contribution is -0.160. The fourth-order valence-electron chi connectivity index (χ4n) is 6.78. The molecule has 7 rings (SSSR count). The lowest BCUT2D eigenvalue weighted by Crippen LogP contribution is -2.47. The summed E-state index contributed by atoms with van der Waals surface area (Å²) in [7, 11) is 0. The number of ether oxygens (including phenoxy) is 1. The largest absolute Gasteiger partial charge is 0.454 e. The minimum Gasteiger partial charge on any atom is -0.454 e. The molecule has 0 radical (unpaired) electrons. The number of likely N-dealkylation sites (tertiary alicyclic amines) is 1. The second-order valence-electron chi connectivity index (χ2n) is 11.2. The van der Waals surface area contributed by atoms with Crippen LogP contribution in [0.1, 0.15) is 54.4 Å². The van der Waals surface area contributed by atoms with Crippen molar-refractivity contribution in [2.75, 3.05) is 11.9 Å². The quantitative estimate of drug-likeness (QED) is 0.278. The first kappa shape index (κ1) is 27.5. The zero-order valence-electron chi connectivity index (χ0n) is 22.5. The van der Waals surface area contributed by atoms with E-state index in [1.165, 1.54) is 0 Å². The molecule has 0 spiro atoms. The third-order valence-electron chi connectivity index (χ3n) is 8.33. The highest BCUT2D eigenvalue weighted by molar-refractivity contribution is 6.44. The summed E-state index contributed by atoms with van der Waals surface area (Å²) in [4.78, 5) is 55.4. The lowest BCUT2D eigenvalue weighted by Gasteiger charge is -2.45. The maximum atomic E-state index is 14.1. The SMILES string of the molecule is CC(C)C[C@H](C(=O)OCC(=O)Nc1cccc(Cl)c1Cl)N1C(=O)[C@@H]2C3c4ccccc4C(c4ccccc43)[C@H]2C1=O. The second-order valence-corrected chi connectivity index (χ2v) is 12.0. The van der Waals surface area contributed by atoms with Crippen LogP contribution in [0, 0.1) is 17.8 Å². The molecule has 2 bridgehead atoms. The van der Waals surface area contributed by atoms with Crippen LogP contribution >= 0.6 is 23.2 Å². The molecule has 3 atom stereocenters. The molecule has 1 aliphatic heterocycles. The number of carbonyl (C=O) groups excluding carboxylic acids is 4. The van der Waals surface area contributed by atoms with E-state index in [2.05, 4.69) is 5.32 Å². The number of nitrogens with one attached hydrogen (secondary N) is 1. The van der Waals surface area contributed by atoms with Gasteiger partial charge in [0.1, 0.15) is 6.04 Å². The van der Waals surface area contributed by atoms with Gasteiger partial charge in [-0.2, -0.15) is 0 Å².